The van der Waals surface area contributed by atoms with Gasteiger partial charge in [-0.2, -0.15) is 0 Å². The van der Waals surface area contributed by atoms with Gasteiger partial charge in [-0.3, -0.25) is 0 Å². The highest BCUT2D eigenvalue weighted by atomic mass is 15.2. The molecule has 1 aromatic heterocycles. The molecular formula is C13H21N3. The SMILES string of the molecule is CC(C)c1cccc(N2CCCNCC2)n1. The first kappa shape index (κ1) is 11.4. The lowest BCUT2D eigenvalue weighted by Crippen LogP contribution is -2.28. The maximum absolute atomic E-state index is 4.74. The van der Waals surface area contributed by atoms with Crippen molar-refractivity contribution in [1.82, 2.24) is 10.3 Å². The molecule has 2 rings (SSSR count). The van der Waals surface area contributed by atoms with Crippen LogP contribution in [0.3, 0.4) is 0 Å². The normalized spacial score (nSPS) is 17.6. The van der Waals surface area contributed by atoms with Gasteiger partial charge in [0.05, 0.1) is 0 Å². The van der Waals surface area contributed by atoms with Gasteiger partial charge in [-0.15, -0.1) is 0 Å². The molecule has 1 N–H and O–H groups in total. The lowest BCUT2D eigenvalue weighted by Gasteiger charge is -2.22. The molecule has 1 aliphatic heterocycles. The number of nitrogens with zero attached hydrogens (tertiary/aromatic N) is 2. The van der Waals surface area contributed by atoms with Crippen LogP contribution in [0, 0.1) is 0 Å². The topological polar surface area (TPSA) is 28.2 Å². The van der Waals surface area contributed by atoms with Gasteiger partial charge in [-0.25, -0.2) is 4.98 Å². The van der Waals surface area contributed by atoms with Crippen LogP contribution >= 0.6 is 0 Å². The number of nitrogens with one attached hydrogen (secondary N) is 1. The molecule has 0 saturated carbocycles. The molecule has 0 bridgehead atoms. The van der Waals surface area contributed by atoms with Crippen molar-refractivity contribution in [3.05, 3.63) is 23.9 Å². The van der Waals surface area contributed by atoms with E-state index in [1.54, 1.807) is 0 Å². The number of rotatable bonds is 2. The zero-order valence-corrected chi connectivity index (χ0v) is 10.2. The molecule has 0 unspecified atom stereocenters. The summed E-state index contributed by atoms with van der Waals surface area (Å²) in [5.41, 5.74) is 1.19. The first-order chi connectivity index (χ1) is 7.77. The molecule has 1 aliphatic rings. The average Bonchev–Trinajstić information content (AvgIpc) is 2.57. The third-order valence-corrected chi connectivity index (χ3v) is 3.01. The van der Waals surface area contributed by atoms with Crippen molar-refractivity contribution in [3.8, 4) is 0 Å². The van der Waals surface area contributed by atoms with E-state index in [9.17, 15) is 0 Å². The molecule has 1 saturated heterocycles. The van der Waals surface area contributed by atoms with Gasteiger partial charge >= 0.3 is 0 Å². The highest BCUT2D eigenvalue weighted by molar-refractivity contribution is 5.39. The maximum atomic E-state index is 4.74. The zero-order valence-electron chi connectivity index (χ0n) is 10.2. The van der Waals surface area contributed by atoms with Gasteiger partial charge in [0.2, 0.25) is 0 Å². The van der Waals surface area contributed by atoms with Crippen LogP contribution in [-0.4, -0.2) is 31.2 Å². The first-order valence-electron chi connectivity index (χ1n) is 6.20. The van der Waals surface area contributed by atoms with Crippen molar-refractivity contribution in [2.24, 2.45) is 0 Å². The van der Waals surface area contributed by atoms with Crippen LogP contribution in [-0.2, 0) is 0 Å². The van der Waals surface area contributed by atoms with Crippen LogP contribution in [0.15, 0.2) is 18.2 Å². The smallest absolute Gasteiger partial charge is 0.128 e. The van der Waals surface area contributed by atoms with Gasteiger partial charge < -0.3 is 10.2 Å². The quantitative estimate of drug-likeness (QED) is 0.824. The van der Waals surface area contributed by atoms with Gasteiger partial charge in [0.15, 0.2) is 0 Å². The Morgan fingerprint density at radius 2 is 2.12 bits per heavy atom. The van der Waals surface area contributed by atoms with E-state index in [1.165, 1.54) is 12.1 Å². The number of hydrogen-bond acceptors (Lipinski definition) is 3. The molecule has 16 heavy (non-hydrogen) atoms. The highest BCUT2D eigenvalue weighted by Crippen LogP contribution is 2.17. The second kappa shape index (κ2) is 5.30. The largest absolute Gasteiger partial charge is 0.355 e. The molecule has 0 aromatic carbocycles. The third kappa shape index (κ3) is 2.73. The van der Waals surface area contributed by atoms with Gasteiger partial charge in [0, 0.05) is 25.3 Å². The monoisotopic (exact) mass is 219 g/mol. The van der Waals surface area contributed by atoms with E-state index in [0.717, 1.165) is 32.0 Å². The van der Waals surface area contributed by atoms with Gasteiger partial charge in [0.1, 0.15) is 5.82 Å². The van der Waals surface area contributed by atoms with Crippen LogP contribution < -0.4 is 10.2 Å². The van der Waals surface area contributed by atoms with Crippen LogP contribution in [0.5, 0.6) is 0 Å². The first-order valence-corrected chi connectivity index (χ1v) is 6.20. The molecule has 0 amide bonds. The maximum Gasteiger partial charge on any atom is 0.128 e. The summed E-state index contributed by atoms with van der Waals surface area (Å²) < 4.78 is 0. The predicted octanol–water partition coefficient (Wildman–Crippen LogP) is 2.00. The molecule has 3 nitrogen and oxygen atoms in total. The molecule has 1 aromatic rings. The third-order valence-electron chi connectivity index (χ3n) is 3.01. The van der Waals surface area contributed by atoms with E-state index < -0.39 is 0 Å². The summed E-state index contributed by atoms with van der Waals surface area (Å²) in [7, 11) is 0. The minimum atomic E-state index is 0.505. The van der Waals surface area contributed by atoms with Gasteiger partial charge in [0.25, 0.3) is 0 Å². The molecule has 1 fully saturated rings. The van der Waals surface area contributed by atoms with Crippen LogP contribution in [0.4, 0.5) is 5.82 Å². The van der Waals surface area contributed by atoms with Gasteiger partial charge in [-0.1, -0.05) is 19.9 Å². The summed E-state index contributed by atoms with van der Waals surface area (Å²) >= 11 is 0. The fourth-order valence-electron chi connectivity index (χ4n) is 2.01. The number of aromatic nitrogens is 1. The fourth-order valence-corrected chi connectivity index (χ4v) is 2.01. The summed E-state index contributed by atoms with van der Waals surface area (Å²) in [5, 5.41) is 3.41. The zero-order chi connectivity index (χ0) is 11.4. The Bertz CT molecular complexity index is 328. The van der Waals surface area contributed by atoms with Crippen LogP contribution in [0.1, 0.15) is 31.9 Å². The molecule has 0 spiro atoms. The second-order valence-electron chi connectivity index (χ2n) is 4.67. The Morgan fingerprint density at radius 1 is 1.25 bits per heavy atom. The highest BCUT2D eigenvalue weighted by Gasteiger charge is 2.11. The van der Waals surface area contributed by atoms with Crippen molar-refractivity contribution in [2.75, 3.05) is 31.1 Å². The van der Waals surface area contributed by atoms with E-state index in [2.05, 4.69) is 42.3 Å². The molecule has 3 heteroatoms. The van der Waals surface area contributed by atoms with Crippen molar-refractivity contribution in [1.29, 1.82) is 0 Å². The lowest BCUT2D eigenvalue weighted by atomic mass is 10.1. The summed E-state index contributed by atoms with van der Waals surface area (Å²) in [6.07, 6.45) is 1.20. The number of anilines is 1. The van der Waals surface area contributed by atoms with Crippen molar-refractivity contribution in [2.45, 2.75) is 26.2 Å². The minimum absolute atomic E-state index is 0.505. The fraction of sp³-hybridized carbons (Fsp3) is 0.615. The van der Waals surface area contributed by atoms with Crippen molar-refractivity contribution in [3.63, 3.8) is 0 Å². The average molecular weight is 219 g/mol. The van der Waals surface area contributed by atoms with Crippen molar-refractivity contribution < 1.29 is 0 Å². The Hall–Kier alpha value is -1.09. The lowest BCUT2D eigenvalue weighted by molar-refractivity contribution is 0.724. The van der Waals surface area contributed by atoms with E-state index in [1.807, 2.05) is 0 Å². The predicted molar refractivity (Wildman–Crippen MR) is 68.0 cm³/mol. The summed E-state index contributed by atoms with van der Waals surface area (Å²) in [5.74, 6) is 1.64. The number of pyridine rings is 1. The second-order valence-corrected chi connectivity index (χ2v) is 4.67. The van der Waals surface area contributed by atoms with E-state index >= 15 is 0 Å². The molecule has 0 radical (unpaired) electrons. The molecule has 2 heterocycles. The summed E-state index contributed by atoms with van der Waals surface area (Å²) in [4.78, 5) is 7.12. The van der Waals surface area contributed by atoms with Crippen LogP contribution in [0.2, 0.25) is 0 Å². The molecule has 0 aliphatic carbocycles. The van der Waals surface area contributed by atoms with Crippen LogP contribution in [0.25, 0.3) is 0 Å². The summed E-state index contributed by atoms with van der Waals surface area (Å²) in [6.45, 7) is 8.75. The Labute approximate surface area is 97.9 Å². The standard InChI is InChI=1S/C13H21N3/c1-11(2)12-5-3-6-13(15-12)16-9-4-7-14-8-10-16/h3,5-6,11,14H,4,7-10H2,1-2H3. The Kier molecular flexibility index (Phi) is 3.78. The molecule has 88 valence electrons. The molecule has 0 atom stereocenters. The molecular weight excluding hydrogens is 198 g/mol. The Balaban J connectivity index is 2.15. The Morgan fingerprint density at radius 3 is 2.94 bits per heavy atom. The van der Waals surface area contributed by atoms with Gasteiger partial charge in [-0.05, 0) is 31.0 Å². The minimum Gasteiger partial charge on any atom is -0.355 e. The van der Waals surface area contributed by atoms with E-state index in [4.69, 9.17) is 4.98 Å². The number of hydrogen-bond donors (Lipinski definition) is 1. The van der Waals surface area contributed by atoms with E-state index in [-0.39, 0.29) is 0 Å². The summed E-state index contributed by atoms with van der Waals surface area (Å²) in [6, 6.07) is 6.36. The van der Waals surface area contributed by atoms with Crippen molar-refractivity contribution >= 4 is 5.82 Å². The van der Waals surface area contributed by atoms with E-state index in [0.29, 0.717) is 5.92 Å².